The summed E-state index contributed by atoms with van der Waals surface area (Å²) in [5.74, 6) is -16.5. The minimum absolute atomic E-state index is 0.163. The molecule has 0 radical (unpaired) electrons. The third-order valence-electron chi connectivity index (χ3n) is 3.37. The van der Waals surface area contributed by atoms with E-state index >= 15 is 0 Å². The van der Waals surface area contributed by atoms with Crippen molar-refractivity contribution in [3.05, 3.63) is 45.0 Å². The molecular formula is C14H7Cl3F7N3O. The summed E-state index contributed by atoms with van der Waals surface area (Å²) >= 11 is 17.6. The van der Waals surface area contributed by atoms with Crippen molar-refractivity contribution in [2.45, 2.75) is 24.6 Å². The van der Waals surface area contributed by atoms with Gasteiger partial charge in [0.15, 0.2) is 5.82 Å². The Kier molecular flexibility index (Phi) is 6.13. The molecule has 1 N–H and O–H groups in total. The quantitative estimate of drug-likeness (QED) is 0.571. The van der Waals surface area contributed by atoms with Crippen LogP contribution in [0.15, 0.2) is 24.4 Å². The number of carbonyl (C=O) groups is 1. The van der Waals surface area contributed by atoms with Crippen molar-refractivity contribution in [1.29, 1.82) is 0 Å². The van der Waals surface area contributed by atoms with Crippen LogP contribution in [0, 0.1) is 0 Å². The average molecular weight is 473 g/mol. The van der Waals surface area contributed by atoms with Crippen LogP contribution in [0.25, 0.3) is 0 Å². The molecule has 2 rings (SSSR count). The van der Waals surface area contributed by atoms with Crippen LogP contribution in [0.1, 0.15) is 5.56 Å². The molecule has 4 nitrogen and oxygen atoms in total. The number of rotatable bonds is 5. The van der Waals surface area contributed by atoms with Gasteiger partial charge < -0.3 is 5.32 Å². The fourth-order valence-electron chi connectivity index (χ4n) is 1.91. The summed E-state index contributed by atoms with van der Waals surface area (Å²) in [6.07, 6.45) is -5.66. The predicted molar refractivity (Wildman–Crippen MR) is 87.4 cm³/mol. The van der Waals surface area contributed by atoms with E-state index in [0.29, 0.717) is 5.56 Å². The van der Waals surface area contributed by atoms with Crippen molar-refractivity contribution in [2.75, 3.05) is 5.32 Å². The minimum atomic E-state index is -6.65. The number of benzene rings is 1. The van der Waals surface area contributed by atoms with Crippen LogP contribution in [0.3, 0.4) is 0 Å². The van der Waals surface area contributed by atoms with Gasteiger partial charge in [-0.3, -0.25) is 9.48 Å². The van der Waals surface area contributed by atoms with Crippen molar-refractivity contribution in [3.63, 3.8) is 0 Å². The van der Waals surface area contributed by atoms with Crippen LogP contribution < -0.4 is 5.32 Å². The first-order valence-corrected chi connectivity index (χ1v) is 8.11. The standard InChI is InChI=1S/C14H7Cl3F7N3O/c15-7-2-1-3-8(16)6(7)4-27-5-9(17)10(26-27)25-11(28)12(18,19)13(20,21)14(22,23)24/h1-3,5H,4H2,(H,25,26,28). The van der Waals surface area contributed by atoms with Crippen molar-refractivity contribution >= 4 is 46.5 Å². The zero-order valence-electron chi connectivity index (χ0n) is 13.1. The lowest BCUT2D eigenvalue weighted by Crippen LogP contribution is -2.57. The lowest BCUT2D eigenvalue weighted by Gasteiger charge is -2.26. The number of hydrogen-bond donors (Lipinski definition) is 1. The lowest BCUT2D eigenvalue weighted by molar-refractivity contribution is -0.343. The highest BCUT2D eigenvalue weighted by molar-refractivity contribution is 6.36. The molecule has 1 heterocycles. The van der Waals surface area contributed by atoms with Crippen LogP contribution in [-0.2, 0) is 11.3 Å². The molecule has 0 saturated carbocycles. The van der Waals surface area contributed by atoms with Gasteiger partial charge in [0, 0.05) is 21.8 Å². The van der Waals surface area contributed by atoms with Crippen molar-refractivity contribution < 1.29 is 35.5 Å². The highest BCUT2D eigenvalue weighted by Gasteiger charge is 2.76. The molecular weight excluding hydrogens is 466 g/mol. The number of hydrogen-bond acceptors (Lipinski definition) is 2. The second kappa shape index (κ2) is 7.60. The molecule has 0 saturated heterocycles. The first-order chi connectivity index (χ1) is 12.7. The highest BCUT2D eigenvalue weighted by Crippen LogP contribution is 2.47. The van der Waals surface area contributed by atoms with Gasteiger partial charge in [-0.25, -0.2) is 0 Å². The Hall–Kier alpha value is -1.72. The van der Waals surface area contributed by atoms with E-state index in [1.807, 2.05) is 0 Å². The second-order valence-corrected chi connectivity index (χ2v) is 6.55. The lowest BCUT2D eigenvalue weighted by atomic mass is 10.1. The van der Waals surface area contributed by atoms with Crippen molar-refractivity contribution in [1.82, 2.24) is 9.78 Å². The summed E-state index contributed by atoms with van der Waals surface area (Å²) in [5, 5.41) is 4.65. The molecule has 2 aromatic rings. The van der Waals surface area contributed by atoms with E-state index in [0.717, 1.165) is 10.9 Å². The predicted octanol–water partition coefficient (Wildman–Crippen LogP) is 5.66. The molecule has 0 aliphatic heterocycles. The Morgan fingerprint density at radius 3 is 2.04 bits per heavy atom. The number of aromatic nitrogens is 2. The van der Waals surface area contributed by atoms with Crippen LogP contribution >= 0.6 is 34.8 Å². The number of alkyl halides is 7. The van der Waals surface area contributed by atoms with Gasteiger partial charge in [-0.2, -0.15) is 35.8 Å². The van der Waals surface area contributed by atoms with Crippen LogP contribution in [0.5, 0.6) is 0 Å². The Balaban J connectivity index is 2.25. The maximum absolute atomic E-state index is 13.4. The fraction of sp³-hybridized carbons (Fsp3) is 0.286. The number of amides is 1. The second-order valence-electron chi connectivity index (χ2n) is 5.32. The molecule has 0 atom stereocenters. The number of nitrogens with one attached hydrogen (secondary N) is 1. The number of carbonyl (C=O) groups excluding carboxylic acids is 1. The van der Waals surface area contributed by atoms with E-state index < -0.39 is 34.8 Å². The van der Waals surface area contributed by atoms with Gasteiger partial charge in [-0.1, -0.05) is 40.9 Å². The zero-order valence-corrected chi connectivity index (χ0v) is 15.4. The molecule has 154 valence electrons. The van der Waals surface area contributed by atoms with Gasteiger partial charge in [-0.05, 0) is 12.1 Å². The van der Waals surface area contributed by atoms with Gasteiger partial charge in [0.25, 0.3) is 0 Å². The third kappa shape index (κ3) is 4.15. The summed E-state index contributed by atoms with van der Waals surface area (Å²) in [6.45, 7) is -0.163. The smallest absolute Gasteiger partial charge is 0.302 e. The molecule has 14 heteroatoms. The summed E-state index contributed by atoms with van der Waals surface area (Å²) in [4.78, 5) is 11.4. The molecule has 28 heavy (non-hydrogen) atoms. The van der Waals surface area contributed by atoms with Crippen molar-refractivity contribution in [3.8, 4) is 0 Å². The minimum Gasteiger partial charge on any atom is -0.302 e. The summed E-state index contributed by atoms with van der Waals surface area (Å²) in [7, 11) is 0. The van der Waals surface area contributed by atoms with Crippen LogP contribution in [0.4, 0.5) is 36.6 Å². The summed E-state index contributed by atoms with van der Waals surface area (Å²) < 4.78 is 90.0. The van der Waals surface area contributed by atoms with Gasteiger partial charge in [0.05, 0.1) is 6.54 Å². The molecule has 1 amide bonds. The van der Waals surface area contributed by atoms with Crippen molar-refractivity contribution in [2.24, 2.45) is 0 Å². The van der Waals surface area contributed by atoms with Gasteiger partial charge in [-0.15, -0.1) is 0 Å². The van der Waals surface area contributed by atoms with E-state index in [1.54, 1.807) is 6.07 Å². The molecule has 0 aliphatic rings. The molecule has 0 unspecified atom stereocenters. The number of halogens is 10. The third-order valence-corrected chi connectivity index (χ3v) is 4.35. The SMILES string of the molecule is O=C(Nc1nn(Cc2c(Cl)cccc2Cl)cc1Cl)C(F)(F)C(F)(F)C(F)(F)F. The maximum Gasteiger partial charge on any atom is 0.460 e. The summed E-state index contributed by atoms with van der Waals surface area (Å²) in [6, 6.07) is 4.51. The van der Waals surface area contributed by atoms with Gasteiger partial charge in [0.1, 0.15) is 5.02 Å². The van der Waals surface area contributed by atoms with E-state index in [4.69, 9.17) is 34.8 Å². The first kappa shape index (κ1) is 22.6. The molecule has 0 bridgehead atoms. The largest absolute Gasteiger partial charge is 0.460 e. The molecule has 1 aromatic heterocycles. The Labute approximate surface area is 167 Å². The fourth-order valence-corrected chi connectivity index (χ4v) is 2.63. The highest BCUT2D eigenvalue weighted by atomic mass is 35.5. The van der Waals surface area contributed by atoms with E-state index in [-0.39, 0.29) is 16.6 Å². The maximum atomic E-state index is 13.4. The van der Waals surface area contributed by atoms with Crippen LogP contribution in [-0.4, -0.2) is 33.7 Å². The number of nitrogens with zero attached hydrogens (tertiary/aromatic N) is 2. The van der Waals surface area contributed by atoms with E-state index in [2.05, 4.69) is 5.10 Å². The van der Waals surface area contributed by atoms with Gasteiger partial charge >= 0.3 is 23.9 Å². The number of anilines is 1. The van der Waals surface area contributed by atoms with E-state index in [9.17, 15) is 35.5 Å². The Morgan fingerprint density at radius 2 is 1.54 bits per heavy atom. The Morgan fingerprint density at radius 1 is 1.00 bits per heavy atom. The summed E-state index contributed by atoms with van der Waals surface area (Å²) in [5.41, 5.74) is 0.330. The topological polar surface area (TPSA) is 46.9 Å². The molecule has 0 spiro atoms. The average Bonchev–Trinajstić information content (AvgIpc) is 2.89. The molecule has 1 aromatic carbocycles. The Bertz CT molecular complexity index is 879. The first-order valence-electron chi connectivity index (χ1n) is 6.98. The molecule has 0 fully saturated rings. The normalized spacial score (nSPS) is 12.9. The monoisotopic (exact) mass is 471 g/mol. The van der Waals surface area contributed by atoms with Crippen LogP contribution in [0.2, 0.25) is 15.1 Å². The molecule has 0 aliphatic carbocycles. The van der Waals surface area contributed by atoms with Gasteiger partial charge in [0.2, 0.25) is 0 Å². The zero-order chi connectivity index (χ0) is 21.5. The van der Waals surface area contributed by atoms with E-state index in [1.165, 1.54) is 17.4 Å².